The van der Waals surface area contributed by atoms with Crippen LogP contribution >= 0.6 is 0 Å². The Balaban J connectivity index is 1.43. The zero-order valence-electron chi connectivity index (χ0n) is 14.7. The first-order chi connectivity index (χ1) is 12.2. The van der Waals surface area contributed by atoms with Crippen molar-refractivity contribution >= 4 is 17.5 Å². The quantitative estimate of drug-likeness (QED) is 0.827. The smallest absolute Gasteiger partial charge is 0.229 e. The number of ether oxygens (including phenoxy) is 1. The van der Waals surface area contributed by atoms with E-state index in [9.17, 15) is 9.59 Å². The van der Waals surface area contributed by atoms with Gasteiger partial charge in [-0.1, -0.05) is 18.2 Å². The molecule has 134 valence electrons. The number of carbonyl (C=O) groups excluding carboxylic acids is 2. The van der Waals surface area contributed by atoms with Crippen LogP contribution in [0, 0.1) is 0 Å². The lowest BCUT2D eigenvalue weighted by Gasteiger charge is -2.21. The number of para-hydroxylation sites is 1. The van der Waals surface area contributed by atoms with Gasteiger partial charge in [-0.05, 0) is 37.3 Å². The van der Waals surface area contributed by atoms with E-state index in [4.69, 9.17) is 4.74 Å². The van der Waals surface area contributed by atoms with Crippen molar-refractivity contribution in [2.24, 2.45) is 0 Å². The SMILES string of the molecule is O=C1CCCN1CC[C@H]1CN(C(=O)C[C@@H]2CCCO2)c2ccccc21. The van der Waals surface area contributed by atoms with Crippen molar-refractivity contribution in [2.45, 2.75) is 50.5 Å². The van der Waals surface area contributed by atoms with Gasteiger partial charge in [0.15, 0.2) is 0 Å². The van der Waals surface area contributed by atoms with E-state index in [1.165, 1.54) is 5.56 Å². The van der Waals surface area contributed by atoms with E-state index >= 15 is 0 Å². The highest BCUT2D eigenvalue weighted by atomic mass is 16.5. The number of nitrogens with zero attached hydrogens (tertiary/aromatic N) is 2. The van der Waals surface area contributed by atoms with Crippen LogP contribution < -0.4 is 4.90 Å². The number of rotatable bonds is 5. The summed E-state index contributed by atoms with van der Waals surface area (Å²) in [7, 11) is 0. The third-order valence-electron chi connectivity index (χ3n) is 5.72. The van der Waals surface area contributed by atoms with Gasteiger partial charge in [-0.3, -0.25) is 9.59 Å². The van der Waals surface area contributed by atoms with Crippen molar-refractivity contribution in [2.75, 3.05) is 31.1 Å². The molecular formula is C20H26N2O3. The van der Waals surface area contributed by atoms with Crippen LogP contribution in [-0.4, -0.2) is 49.1 Å². The molecule has 0 unspecified atom stereocenters. The second-order valence-electron chi connectivity index (χ2n) is 7.37. The number of likely N-dealkylation sites (tertiary alicyclic amines) is 1. The molecular weight excluding hydrogens is 316 g/mol. The Morgan fingerprint density at radius 3 is 2.88 bits per heavy atom. The molecule has 25 heavy (non-hydrogen) atoms. The molecule has 0 spiro atoms. The number of hydrogen-bond donors (Lipinski definition) is 0. The Hall–Kier alpha value is -1.88. The molecule has 0 saturated carbocycles. The van der Waals surface area contributed by atoms with Crippen LogP contribution in [-0.2, 0) is 14.3 Å². The summed E-state index contributed by atoms with van der Waals surface area (Å²) >= 11 is 0. The Morgan fingerprint density at radius 2 is 2.12 bits per heavy atom. The summed E-state index contributed by atoms with van der Waals surface area (Å²) < 4.78 is 5.63. The summed E-state index contributed by atoms with van der Waals surface area (Å²) in [5, 5.41) is 0. The van der Waals surface area contributed by atoms with Crippen molar-refractivity contribution in [3.8, 4) is 0 Å². The minimum Gasteiger partial charge on any atom is -0.378 e. The molecule has 2 saturated heterocycles. The highest BCUT2D eigenvalue weighted by Gasteiger charge is 2.34. The number of anilines is 1. The van der Waals surface area contributed by atoms with Crippen molar-refractivity contribution < 1.29 is 14.3 Å². The van der Waals surface area contributed by atoms with Gasteiger partial charge < -0.3 is 14.5 Å². The Bertz CT molecular complexity index is 654. The Morgan fingerprint density at radius 1 is 1.24 bits per heavy atom. The van der Waals surface area contributed by atoms with Crippen LogP contribution in [0.3, 0.4) is 0 Å². The molecule has 3 heterocycles. The molecule has 0 radical (unpaired) electrons. The van der Waals surface area contributed by atoms with Gasteiger partial charge in [0, 0.05) is 44.3 Å². The van der Waals surface area contributed by atoms with Gasteiger partial charge in [-0.15, -0.1) is 0 Å². The summed E-state index contributed by atoms with van der Waals surface area (Å²) in [6, 6.07) is 8.22. The van der Waals surface area contributed by atoms with Gasteiger partial charge in [0.25, 0.3) is 0 Å². The van der Waals surface area contributed by atoms with Crippen molar-refractivity contribution in [1.82, 2.24) is 4.90 Å². The van der Waals surface area contributed by atoms with Crippen LogP contribution in [0.2, 0.25) is 0 Å². The number of benzene rings is 1. The van der Waals surface area contributed by atoms with E-state index in [1.54, 1.807) is 0 Å². The van der Waals surface area contributed by atoms with Crippen LogP contribution in [0.25, 0.3) is 0 Å². The minimum atomic E-state index is 0.0842. The maximum atomic E-state index is 12.8. The van der Waals surface area contributed by atoms with Gasteiger partial charge in [0.2, 0.25) is 11.8 Å². The topological polar surface area (TPSA) is 49.9 Å². The van der Waals surface area contributed by atoms with Crippen LogP contribution in [0.4, 0.5) is 5.69 Å². The third kappa shape index (κ3) is 3.43. The van der Waals surface area contributed by atoms with E-state index < -0.39 is 0 Å². The zero-order chi connectivity index (χ0) is 17.2. The van der Waals surface area contributed by atoms with Gasteiger partial charge in [-0.2, -0.15) is 0 Å². The third-order valence-corrected chi connectivity index (χ3v) is 5.72. The fraction of sp³-hybridized carbons (Fsp3) is 0.600. The molecule has 1 aromatic rings. The lowest BCUT2D eigenvalue weighted by atomic mass is 9.98. The average Bonchev–Trinajstić information content (AvgIpc) is 3.34. The summed E-state index contributed by atoms with van der Waals surface area (Å²) in [6.45, 7) is 3.19. The Labute approximate surface area is 148 Å². The van der Waals surface area contributed by atoms with Crippen molar-refractivity contribution in [3.05, 3.63) is 29.8 Å². The molecule has 5 heteroatoms. The number of amides is 2. The van der Waals surface area contributed by atoms with E-state index in [-0.39, 0.29) is 17.9 Å². The number of carbonyl (C=O) groups is 2. The molecule has 0 bridgehead atoms. The lowest BCUT2D eigenvalue weighted by Crippen LogP contribution is -2.33. The molecule has 2 fully saturated rings. The lowest BCUT2D eigenvalue weighted by molar-refractivity contribution is -0.127. The molecule has 0 aliphatic carbocycles. The van der Waals surface area contributed by atoms with Gasteiger partial charge in [0.1, 0.15) is 0 Å². The molecule has 0 aromatic heterocycles. The molecule has 2 amide bonds. The molecule has 3 aliphatic rings. The van der Waals surface area contributed by atoms with Crippen molar-refractivity contribution in [1.29, 1.82) is 0 Å². The standard InChI is InChI=1S/C20H26N2O3/c23-19-8-3-10-21(19)11-9-15-14-22(18-7-2-1-6-17(15)18)20(24)13-16-5-4-12-25-16/h1-2,6-7,15-16H,3-5,8-14H2/t15-,16-/m0/s1. The highest BCUT2D eigenvalue weighted by Crippen LogP contribution is 2.39. The predicted octanol–water partition coefficient (Wildman–Crippen LogP) is 2.70. The molecule has 5 nitrogen and oxygen atoms in total. The first-order valence-electron chi connectivity index (χ1n) is 9.51. The van der Waals surface area contributed by atoms with Crippen LogP contribution in [0.1, 0.15) is 50.0 Å². The van der Waals surface area contributed by atoms with Crippen LogP contribution in [0.5, 0.6) is 0 Å². The molecule has 0 N–H and O–H groups in total. The fourth-order valence-corrected chi connectivity index (χ4v) is 4.34. The van der Waals surface area contributed by atoms with Crippen LogP contribution in [0.15, 0.2) is 24.3 Å². The second kappa shape index (κ2) is 7.16. The zero-order valence-corrected chi connectivity index (χ0v) is 14.7. The Kier molecular flexibility index (Phi) is 4.75. The normalized spacial score (nSPS) is 25.7. The van der Waals surface area contributed by atoms with Gasteiger partial charge >= 0.3 is 0 Å². The summed E-state index contributed by atoms with van der Waals surface area (Å²) in [4.78, 5) is 28.6. The molecule has 4 rings (SSSR count). The summed E-state index contributed by atoms with van der Waals surface area (Å²) in [6.07, 6.45) is 5.20. The van der Waals surface area contributed by atoms with E-state index in [0.717, 1.165) is 57.6 Å². The van der Waals surface area contributed by atoms with Gasteiger partial charge in [-0.25, -0.2) is 0 Å². The van der Waals surface area contributed by atoms with E-state index in [1.807, 2.05) is 28.0 Å². The highest BCUT2D eigenvalue weighted by molar-refractivity contribution is 5.96. The minimum absolute atomic E-state index is 0.0842. The number of fused-ring (bicyclic) bond motifs is 1. The average molecular weight is 342 g/mol. The summed E-state index contributed by atoms with van der Waals surface area (Å²) in [5.41, 5.74) is 2.29. The predicted molar refractivity (Wildman–Crippen MR) is 95.6 cm³/mol. The molecule has 2 atom stereocenters. The van der Waals surface area contributed by atoms with E-state index in [0.29, 0.717) is 18.8 Å². The maximum Gasteiger partial charge on any atom is 0.229 e. The molecule has 3 aliphatic heterocycles. The van der Waals surface area contributed by atoms with Gasteiger partial charge in [0.05, 0.1) is 12.5 Å². The monoisotopic (exact) mass is 342 g/mol. The summed E-state index contributed by atoms with van der Waals surface area (Å²) in [5.74, 6) is 0.759. The van der Waals surface area contributed by atoms with E-state index in [2.05, 4.69) is 6.07 Å². The number of hydrogen-bond acceptors (Lipinski definition) is 3. The molecule has 1 aromatic carbocycles. The first kappa shape index (κ1) is 16.6. The van der Waals surface area contributed by atoms with Crippen molar-refractivity contribution in [3.63, 3.8) is 0 Å². The fourth-order valence-electron chi connectivity index (χ4n) is 4.34. The largest absolute Gasteiger partial charge is 0.378 e. The first-order valence-corrected chi connectivity index (χ1v) is 9.51. The maximum absolute atomic E-state index is 12.8. The second-order valence-corrected chi connectivity index (χ2v) is 7.37.